The zero-order valence-electron chi connectivity index (χ0n) is 11.0. The molecule has 0 aromatic heterocycles. The van der Waals surface area contributed by atoms with E-state index in [9.17, 15) is 9.18 Å². The number of hydrogen-bond acceptors (Lipinski definition) is 2. The van der Waals surface area contributed by atoms with Crippen LogP contribution < -0.4 is 10.1 Å². The molecule has 1 saturated carbocycles. The van der Waals surface area contributed by atoms with Crippen LogP contribution in [0, 0.1) is 5.82 Å². The third-order valence-corrected chi connectivity index (χ3v) is 3.35. The van der Waals surface area contributed by atoms with Gasteiger partial charge in [-0.2, -0.15) is 0 Å². The van der Waals surface area contributed by atoms with Crippen molar-refractivity contribution in [3.63, 3.8) is 0 Å². The molecule has 0 saturated heterocycles. The van der Waals surface area contributed by atoms with E-state index in [1.807, 2.05) is 0 Å². The summed E-state index contributed by atoms with van der Waals surface area (Å²) in [5.41, 5.74) is 0. The Bertz CT molecular complexity index is 399. The molecular formula is C15H20FNO2. The van der Waals surface area contributed by atoms with E-state index in [2.05, 4.69) is 5.32 Å². The molecule has 0 heterocycles. The van der Waals surface area contributed by atoms with Crippen LogP contribution in [0.15, 0.2) is 24.3 Å². The smallest absolute Gasteiger partial charge is 0.220 e. The first-order valence-corrected chi connectivity index (χ1v) is 6.92. The van der Waals surface area contributed by atoms with Crippen LogP contribution in [-0.4, -0.2) is 18.6 Å². The SMILES string of the molecule is O=C(CCCOc1ccc(F)cc1)NC1CCCC1. The molecule has 1 amide bonds. The van der Waals surface area contributed by atoms with Crippen molar-refractivity contribution in [1.82, 2.24) is 5.32 Å². The van der Waals surface area contributed by atoms with E-state index in [1.54, 1.807) is 12.1 Å². The van der Waals surface area contributed by atoms with Crippen LogP contribution in [0.4, 0.5) is 4.39 Å². The van der Waals surface area contributed by atoms with E-state index in [0.717, 1.165) is 12.8 Å². The molecule has 1 aromatic carbocycles. The molecule has 0 unspecified atom stereocenters. The molecule has 19 heavy (non-hydrogen) atoms. The lowest BCUT2D eigenvalue weighted by atomic mass is 10.2. The number of carbonyl (C=O) groups is 1. The van der Waals surface area contributed by atoms with Crippen LogP contribution >= 0.6 is 0 Å². The average Bonchev–Trinajstić information content (AvgIpc) is 2.89. The van der Waals surface area contributed by atoms with E-state index < -0.39 is 0 Å². The molecule has 1 aliphatic carbocycles. The number of ether oxygens (including phenoxy) is 1. The molecule has 104 valence electrons. The van der Waals surface area contributed by atoms with Crippen molar-refractivity contribution in [2.45, 2.75) is 44.6 Å². The van der Waals surface area contributed by atoms with Gasteiger partial charge in [0.2, 0.25) is 5.91 Å². The summed E-state index contributed by atoms with van der Waals surface area (Å²) in [6.07, 6.45) is 5.82. The van der Waals surface area contributed by atoms with Crippen LogP contribution in [0.2, 0.25) is 0 Å². The third kappa shape index (κ3) is 4.89. The number of benzene rings is 1. The minimum absolute atomic E-state index is 0.106. The molecule has 1 N–H and O–H groups in total. The Kier molecular flexibility index (Phi) is 5.19. The predicted molar refractivity (Wildman–Crippen MR) is 71.5 cm³/mol. The molecule has 2 rings (SSSR count). The zero-order chi connectivity index (χ0) is 13.5. The number of hydrogen-bond donors (Lipinski definition) is 1. The summed E-state index contributed by atoms with van der Waals surface area (Å²) >= 11 is 0. The van der Waals surface area contributed by atoms with Crippen LogP contribution in [0.1, 0.15) is 38.5 Å². The van der Waals surface area contributed by atoms with Gasteiger partial charge < -0.3 is 10.1 Å². The molecular weight excluding hydrogens is 245 g/mol. The first-order chi connectivity index (χ1) is 9.24. The summed E-state index contributed by atoms with van der Waals surface area (Å²) in [5.74, 6) is 0.468. The molecule has 0 atom stereocenters. The van der Waals surface area contributed by atoms with Gasteiger partial charge in [-0.05, 0) is 43.5 Å². The van der Waals surface area contributed by atoms with Gasteiger partial charge >= 0.3 is 0 Å². The van der Waals surface area contributed by atoms with E-state index in [4.69, 9.17) is 4.74 Å². The molecule has 1 aliphatic rings. The number of amides is 1. The Balaban J connectivity index is 1.58. The molecule has 0 spiro atoms. The molecule has 0 radical (unpaired) electrons. The van der Waals surface area contributed by atoms with Crippen LogP contribution in [0.3, 0.4) is 0 Å². The average molecular weight is 265 g/mol. The lowest BCUT2D eigenvalue weighted by molar-refractivity contribution is -0.122. The van der Waals surface area contributed by atoms with Crippen molar-refractivity contribution >= 4 is 5.91 Å². The van der Waals surface area contributed by atoms with E-state index in [1.165, 1.54) is 25.0 Å². The van der Waals surface area contributed by atoms with Gasteiger partial charge in [-0.1, -0.05) is 12.8 Å². The topological polar surface area (TPSA) is 38.3 Å². The summed E-state index contributed by atoms with van der Waals surface area (Å²) < 4.78 is 18.1. The number of rotatable bonds is 6. The maximum Gasteiger partial charge on any atom is 0.220 e. The van der Waals surface area contributed by atoms with Crippen LogP contribution in [0.25, 0.3) is 0 Å². The van der Waals surface area contributed by atoms with Crippen molar-refractivity contribution in [2.24, 2.45) is 0 Å². The second-order valence-electron chi connectivity index (χ2n) is 4.95. The largest absolute Gasteiger partial charge is 0.494 e. The van der Waals surface area contributed by atoms with Gasteiger partial charge in [0.05, 0.1) is 6.61 Å². The van der Waals surface area contributed by atoms with E-state index in [0.29, 0.717) is 31.2 Å². The van der Waals surface area contributed by atoms with Crippen molar-refractivity contribution in [1.29, 1.82) is 0 Å². The van der Waals surface area contributed by atoms with Gasteiger partial charge in [-0.15, -0.1) is 0 Å². The minimum Gasteiger partial charge on any atom is -0.494 e. The number of nitrogens with one attached hydrogen (secondary N) is 1. The normalized spacial score (nSPS) is 15.4. The fourth-order valence-electron chi connectivity index (χ4n) is 2.32. The fraction of sp³-hybridized carbons (Fsp3) is 0.533. The molecule has 3 nitrogen and oxygen atoms in total. The van der Waals surface area contributed by atoms with Gasteiger partial charge in [0.1, 0.15) is 11.6 Å². The predicted octanol–water partition coefficient (Wildman–Crippen LogP) is 3.04. The lowest BCUT2D eigenvalue weighted by Crippen LogP contribution is -2.32. The van der Waals surface area contributed by atoms with E-state index >= 15 is 0 Å². The Hall–Kier alpha value is -1.58. The molecule has 4 heteroatoms. The van der Waals surface area contributed by atoms with Crippen molar-refractivity contribution < 1.29 is 13.9 Å². The zero-order valence-corrected chi connectivity index (χ0v) is 11.0. The quantitative estimate of drug-likeness (QED) is 0.803. The van der Waals surface area contributed by atoms with Gasteiger partial charge in [0.15, 0.2) is 0 Å². The van der Waals surface area contributed by atoms with Gasteiger partial charge in [0.25, 0.3) is 0 Å². The highest BCUT2D eigenvalue weighted by atomic mass is 19.1. The Morgan fingerprint density at radius 1 is 1.26 bits per heavy atom. The maximum atomic E-state index is 12.7. The van der Waals surface area contributed by atoms with E-state index in [-0.39, 0.29) is 11.7 Å². The Morgan fingerprint density at radius 3 is 2.63 bits per heavy atom. The fourth-order valence-corrected chi connectivity index (χ4v) is 2.32. The summed E-state index contributed by atoms with van der Waals surface area (Å²) in [4.78, 5) is 11.6. The minimum atomic E-state index is -0.275. The Labute approximate surface area is 113 Å². The van der Waals surface area contributed by atoms with Crippen molar-refractivity contribution in [3.05, 3.63) is 30.1 Å². The summed E-state index contributed by atoms with van der Waals surface area (Å²) in [6.45, 7) is 0.476. The van der Waals surface area contributed by atoms with Crippen molar-refractivity contribution in [2.75, 3.05) is 6.61 Å². The summed E-state index contributed by atoms with van der Waals surface area (Å²) in [7, 11) is 0. The number of carbonyl (C=O) groups excluding carboxylic acids is 1. The van der Waals surface area contributed by atoms with Crippen LogP contribution in [0.5, 0.6) is 5.75 Å². The first kappa shape index (κ1) is 13.8. The molecule has 0 aliphatic heterocycles. The Morgan fingerprint density at radius 2 is 1.95 bits per heavy atom. The monoisotopic (exact) mass is 265 g/mol. The second-order valence-corrected chi connectivity index (χ2v) is 4.95. The molecule has 0 bridgehead atoms. The summed E-state index contributed by atoms with van der Waals surface area (Å²) in [6, 6.07) is 6.29. The van der Waals surface area contributed by atoms with Crippen LogP contribution in [-0.2, 0) is 4.79 Å². The number of halogens is 1. The van der Waals surface area contributed by atoms with Crippen molar-refractivity contribution in [3.8, 4) is 5.75 Å². The maximum absolute atomic E-state index is 12.7. The summed E-state index contributed by atoms with van der Waals surface area (Å²) in [5, 5.41) is 3.04. The molecule has 1 fully saturated rings. The van der Waals surface area contributed by atoms with Gasteiger partial charge in [-0.3, -0.25) is 4.79 Å². The second kappa shape index (κ2) is 7.12. The van der Waals surface area contributed by atoms with Gasteiger partial charge in [0, 0.05) is 12.5 Å². The highest BCUT2D eigenvalue weighted by Crippen LogP contribution is 2.17. The first-order valence-electron chi connectivity index (χ1n) is 6.92. The third-order valence-electron chi connectivity index (χ3n) is 3.35. The molecule has 1 aromatic rings. The highest BCUT2D eigenvalue weighted by Gasteiger charge is 2.16. The van der Waals surface area contributed by atoms with Gasteiger partial charge in [-0.25, -0.2) is 4.39 Å². The highest BCUT2D eigenvalue weighted by molar-refractivity contribution is 5.76. The standard InChI is InChI=1S/C15H20FNO2/c16-12-7-9-14(10-8-12)19-11-3-6-15(18)17-13-4-1-2-5-13/h7-10,13H,1-6,11H2,(H,17,18). The lowest BCUT2D eigenvalue weighted by Gasteiger charge is -2.11.